The Bertz CT molecular complexity index is 433. The minimum absolute atomic E-state index is 0.00325. The van der Waals surface area contributed by atoms with E-state index in [2.05, 4.69) is 5.32 Å². The molecular formula is C15H21NO3. The quantitative estimate of drug-likeness (QED) is 0.820. The van der Waals surface area contributed by atoms with Crippen LogP contribution in [0, 0.1) is 5.92 Å². The predicted molar refractivity (Wildman–Crippen MR) is 74.1 cm³/mol. The van der Waals surface area contributed by atoms with Crippen molar-refractivity contribution in [3.8, 4) is 5.75 Å². The van der Waals surface area contributed by atoms with Gasteiger partial charge in [-0.3, -0.25) is 4.79 Å². The van der Waals surface area contributed by atoms with Gasteiger partial charge in [0, 0.05) is 17.8 Å². The molecule has 0 saturated heterocycles. The highest BCUT2D eigenvalue weighted by Crippen LogP contribution is 2.28. The molecule has 1 saturated carbocycles. The molecule has 4 nitrogen and oxygen atoms in total. The average Bonchev–Trinajstić information content (AvgIpc) is 2.39. The van der Waals surface area contributed by atoms with Gasteiger partial charge in [-0.2, -0.15) is 0 Å². The molecule has 0 radical (unpaired) electrons. The van der Waals surface area contributed by atoms with Crippen LogP contribution in [-0.2, 0) is 9.53 Å². The molecule has 2 atom stereocenters. The lowest BCUT2D eigenvalue weighted by Gasteiger charge is -2.29. The van der Waals surface area contributed by atoms with E-state index in [0.29, 0.717) is 6.61 Å². The van der Waals surface area contributed by atoms with Crippen LogP contribution in [0.2, 0.25) is 0 Å². The summed E-state index contributed by atoms with van der Waals surface area (Å²) in [5.74, 6) is 0.177. The molecule has 1 fully saturated rings. The minimum atomic E-state index is -0.0788. The molecule has 1 aromatic rings. The summed E-state index contributed by atoms with van der Waals surface area (Å²) in [6.07, 6.45) is 3.79. The maximum atomic E-state index is 11.8. The number of aromatic hydroxyl groups is 1. The number of carbonyl (C=O) groups is 1. The van der Waals surface area contributed by atoms with E-state index in [1.54, 1.807) is 12.1 Å². The van der Waals surface area contributed by atoms with Gasteiger partial charge in [-0.25, -0.2) is 0 Å². The van der Waals surface area contributed by atoms with Gasteiger partial charge >= 0.3 is 5.97 Å². The summed E-state index contributed by atoms with van der Waals surface area (Å²) in [6, 6.07) is 7.35. The number of esters is 1. The van der Waals surface area contributed by atoms with Gasteiger partial charge in [0.15, 0.2) is 0 Å². The van der Waals surface area contributed by atoms with Crippen molar-refractivity contribution in [3.05, 3.63) is 24.3 Å². The smallest absolute Gasteiger partial charge is 0.308 e. The predicted octanol–water partition coefficient (Wildman–Crippen LogP) is 2.93. The lowest BCUT2D eigenvalue weighted by atomic mass is 9.85. The molecule has 19 heavy (non-hydrogen) atoms. The average molecular weight is 263 g/mol. The number of hydrogen-bond donors (Lipinski definition) is 2. The zero-order chi connectivity index (χ0) is 13.7. The third-order valence-electron chi connectivity index (χ3n) is 3.51. The number of benzene rings is 1. The van der Waals surface area contributed by atoms with Crippen LogP contribution in [0.15, 0.2) is 24.3 Å². The SMILES string of the molecule is CCOC(=O)C1CCCC(Nc2cccc(O)c2)C1. The number of anilines is 1. The second kappa shape index (κ2) is 6.45. The third-order valence-corrected chi connectivity index (χ3v) is 3.51. The molecule has 2 rings (SSSR count). The van der Waals surface area contributed by atoms with Crippen LogP contribution in [-0.4, -0.2) is 23.7 Å². The fraction of sp³-hybridized carbons (Fsp3) is 0.533. The van der Waals surface area contributed by atoms with E-state index in [0.717, 1.165) is 31.4 Å². The number of nitrogens with one attached hydrogen (secondary N) is 1. The first-order valence-corrected chi connectivity index (χ1v) is 6.91. The van der Waals surface area contributed by atoms with Crippen LogP contribution in [0.25, 0.3) is 0 Å². The van der Waals surface area contributed by atoms with Gasteiger partial charge in [-0.05, 0) is 38.3 Å². The molecule has 104 valence electrons. The molecule has 1 aromatic carbocycles. The van der Waals surface area contributed by atoms with Gasteiger partial charge < -0.3 is 15.2 Å². The molecule has 0 aromatic heterocycles. The Morgan fingerprint density at radius 2 is 2.32 bits per heavy atom. The number of rotatable bonds is 4. The summed E-state index contributed by atoms with van der Waals surface area (Å²) >= 11 is 0. The fourth-order valence-corrected chi connectivity index (χ4v) is 2.63. The number of phenols is 1. The topological polar surface area (TPSA) is 58.6 Å². The number of carbonyl (C=O) groups excluding carboxylic acids is 1. The first-order chi connectivity index (χ1) is 9.19. The van der Waals surface area contributed by atoms with Crippen LogP contribution >= 0.6 is 0 Å². The monoisotopic (exact) mass is 263 g/mol. The molecule has 2 N–H and O–H groups in total. The van der Waals surface area contributed by atoms with E-state index in [1.165, 1.54) is 0 Å². The van der Waals surface area contributed by atoms with E-state index in [1.807, 2.05) is 19.1 Å². The Morgan fingerprint density at radius 1 is 1.47 bits per heavy atom. The van der Waals surface area contributed by atoms with Crippen molar-refractivity contribution in [1.29, 1.82) is 0 Å². The van der Waals surface area contributed by atoms with Crippen molar-refractivity contribution in [2.75, 3.05) is 11.9 Å². The van der Waals surface area contributed by atoms with Crippen molar-refractivity contribution < 1.29 is 14.6 Å². The summed E-state index contributed by atoms with van der Waals surface area (Å²) in [5, 5.41) is 12.8. The van der Waals surface area contributed by atoms with Crippen molar-refractivity contribution in [1.82, 2.24) is 0 Å². The van der Waals surface area contributed by atoms with Crippen LogP contribution in [0.3, 0.4) is 0 Å². The van der Waals surface area contributed by atoms with Gasteiger partial charge in [-0.15, -0.1) is 0 Å². The molecule has 0 amide bonds. The van der Waals surface area contributed by atoms with Crippen molar-refractivity contribution in [2.45, 2.75) is 38.6 Å². The first-order valence-electron chi connectivity index (χ1n) is 6.91. The summed E-state index contributed by atoms with van der Waals surface area (Å²) in [5.41, 5.74) is 0.898. The summed E-state index contributed by atoms with van der Waals surface area (Å²) in [4.78, 5) is 11.8. The largest absolute Gasteiger partial charge is 0.508 e. The minimum Gasteiger partial charge on any atom is -0.508 e. The fourth-order valence-electron chi connectivity index (χ4n) is 2.63. The molecule has 0 heterocycles. The zero-order valence-electron chi connectivity index (χ0n) is 11.3. The molecule has 1 aliphatic rings. The number of ether oxygens (including phenoxy) is 1. The normalized spacial score (nSPS) is 22.8. The van der Waals surface area contributed by atoms with Gasteiger partial charge in [0.2, 0.25) is 0 Å². The highest BCUT2D eigenvalue weighted by molar-refractivity contribution is 5.72. The van der Waals surface area contributed by atoms with Crippen LogP contribution in [0.1, 0.15) is 32.6 Å². The Hall–Kier alpha value is -1.71. The molecule has 0 bridgehead atoms. The molecule has 0 aliphatic heterocycles. The summed E-state index contributed by atoms with van der Waals surface area (Å²) in [7, 11) is 0. The molecule has 2 unspecified atom stereocenters. The Morgan fingerprint density at radius 3 is 3.05 bits per heavy atom. The molecule has 0 spiro atoms. The molecular weight excluding hydrogens is 242 g/mol. The van der Waals surface area contributed by atoms with E-state index >= 15 is 0 Å². The molecule has 4 heteroatoms. The van der Waals surface area contributed by atoms with Crippen molar-refractivity contribution in [3.63, 3.8) is 0 Å². The summed E-state index contributed by atoms with van der Waals surface area (Å²) < 4.78 is 5.09. The summed E-state index contributed by atoms with van der Waals surface area (Å²) in [6.45, 7) is 2.28. The second-order valence-corrected chi connectivity index (χ2v) is 5.01. The standard InChI is InChI=1S/C15H21NO3/c1-2-19-15(18)11-5-3-6-12(9-11)16-13-7-4-8-14(17)10-13/h4,7-8,10-12,16-17H,2-3,5-6,9H2,1H3. The molecule has 1 aliphatic carbocycles. The van der Waals surface area contributed by atoms with Crippen LogP contribution < -0.4 is 5.32 Å². The van der Waals surface area contributed by atoms with Crippen LogP contribution in [0.4, 0.5) is 5.69 Å². The zero-order valence-corrected chi connectivity index (χ0v) is 11.3. The van der Waals surface area contributed by atoms with E-state index in [-0.39, 0.29) is 23.7 Å². The van der Waals surface area contributed by atoms with Gasteiger partial charge in [0.25, 0.3) is 0 Å². The maximum absolute atomic E-state index is 11.8. The van der Waals surface area contributed by atoms with Crippen molar-refractivity contribution >= 4 is 11.7 Å². The third kappa shape index (κ3) is 3.88. The number of phenolic OH excluding ortho intramolecular Hbond substituents is 1. The lowest BCUT2D eigenvalue weighted by Crippen LogP contribution is -2.32. The second-order valence-electron chi connectivity index (χ2n) is 5.01. The Balaban J connectivity index is 1.92. The van der Waals surface area contributed by atoms with Crippen molar-refractivity contribution in [2.24, 2.45) is 5.92 Å². The highest BCUT2D eigenvalue weighted by Gasteiger charge is 2.28. The highest BCUT2D eigenvalue weighted by atomic mass is 16.5. The maximum Gasteiger partial charge on any atom is 0.308 e. The van der Waals surface area contributed by atoms with Gasteiger partial charge in [0.05, 0.1) is 12.5 Å². The van der Waals surface area contributed by atoms with E-state index in [9.17, 15) is 9.90 Å². The van der Waals surface area contributed by atoms with E-state index < -0.39 is 0 Å². The van der Waals surface area contributed by atoms with Gasteiger partial charge in [-0.1, -0.05) is 12.5 Å². The Kier molecular flexibility index (Phi) is 4.66. The van der Waals surface area contributed by atoms with E-state index in [4.69, 9.17) is 4.74 Å². The Labute approximate surface area is 113 Å². The lowest BCUT2D eigenvalue weighted by molar-refractivity contribution is -0.149. The number of hydrogen-bond acceptors (Lipinski definition) is 4. The van der Waals surface area contributed by atoms with Gasteiger partial charge in [0.1, 0.15) is 5.75 Å². The van der Waals surface area contributed by atoms with Crippen LogP contribution in [0.5, 0.6) is 5.75 Å². The first kappa shape index (κ1) is 13.7.